The molecule has 1 aliphatic carbocycles. The molecule has 24 heavy (non-hydrogen) atoms. The van der Waals surface area contributed by atoms with Crippen LogP contribution in [0, 0.1) is 11.3 Å². The molecule has 0 radical (unpaired) electrons. The highest BCUT2D eigenvalue weighted by Crippen LogP contribution is 2.39. The number of carbonyl (C=O) groups excluding carboxylic acids is 1. The molecular formula is C16H17N5OS2. The van der Waals surface area contributed by atoms with Gasteiger partial charge in [0.15, 0.2) is 5.16 Å². The summed E-state index contributed by atoms with van der Waals surface area (Å²) in [4.78, 5) is 13.1. The molecule has 0 bridgehead atoms. The molecular weight excluding hydrogens is 342 g/mol. The van der Waals surface area contributed by atoms with Gasteiger partial charge in [-0.25, -0.2) is 0 Å². The zero-order valence-electron chi connectivity index (χ0n) is 13.2. The number of nitriles is 1. The Balaban J connectivity index is 1.57. The summed E-state index contributed by atoms with van der Waals surface area (Å²) < 4.78 is 1.98. The van der Waals surface area contributed by atoms with Crippen LogP contribution in [0.4, 0.5) is 5.69 Å². The molecule has 1 saturated carbocycles. The van der Waals surface area contributed by atoms with Gasteiger partial charge in [-0.1, -0.05) is 23.9 Å². The van der Waals surface area contributed by atoms with E-state index in [2.05, 4.69) is 21.6 Å². The van der Waals surface area contributed by atoms with Gasteiger partial charge in [0, 0.05) is 17.9 Å². The number of anilines is 1. The van der Waals surface area contributed by atoms with Gasteiger partial charge < -0.3 is 9.88 Å². The second kappa shape index (κ2) is 7.73. The lowest BCUT2D eigenvalue weighted by molar-refractivity contribution is -0.113. The van der Waals surface area contributed by atoms with Crippen molar-refractivity contribution in [2.24, 2.45) is 7.05 Å². The highest BCUT2D eigenvalue weighted by atomic mass is 32.2. The highest BCUT2D eigenvalue weighted by Gasteiger charge is 2.29. The van der Waals surface area contributed by atoms with Gasteiger partial charge in [-0.2, -0.15) is 5.26 Å². The molecule has 0 saturated heterocycles. The Morgan fingerprint density at radius 3 is 2.92 bits per heavy atom. The van der Waals surface area contributed by atoms with E-state index in [9.17, 15) is 4.79 Å². The van der Waals surface area contributed by atoms with E-state index in [1.54, 1.807) is 0 Å². The van der Waals surface area contributed by atoms with Crippen molar-refractivity contribution in [3.63, 3.8) is 0 Å². The number of carbonyl (C=O) groups is 1. The predicted molar refractivity (Wildman–Crippen MR) is 95.1 cm³/mol. The molecule has 0 aliphatic heterocycles. The standard InChI is InChI=1S/C16H17N5OS2/c1-21-15(11-6-7-11)19-20-16(21)24-10-14(22)18-12-4-2-3-5-13(12)23-9-8-17/h2-5,11H,6-7,9-10H2,1H3,(H,18,22). The van der Waals surface area contributed by atoms with Gasteiger partial charge in [-0.05, 0) is 25.0 Å². The second-order valence-electron chi connectivity index (χ2n) is 5.45. The molecule has 0 atom stereocenters. The van der Waals surface area contributed by atoms with Gasteiger partial charge in [-0.3, -0.25) is 4.79 Å². The maximum absolute atomic E-state index is 12.2. The Labute approximate surface area is 149 Å². The van der Waals surface area contributed by atoms with Crippen molar-refractivity contribution in [1.82, 2.24) is 14.8 Å². The molecule has 124 valence electrons. The number of hydrogen-bond acceptors (Lipinski definition) is 6. The minimum absolute atomic E-state index is 0.0963. The van der Waals surface area contributed by atoms with Crippen molar-refractivity contribution in [3.05, 3.63) is 30.1 Å². The summed E-state index contributed by atoms with van der Waals surface area (Å²) in [6, 6.07) is 9.59. The first-order valence-corrected chi connectivity index (χ1v) is 9.57. The molecule has 1 heterocycles. The Morgan fingerprint density at radius 1 is 1.38 bits per heavy atom. The number of benzene rings is 1. The fraction of sp³-hybridized carbons (Fsp3) is 0.375. The van der Waals surface area contributed by atoms with E-state index < -0.39 is 0 Å². The maximum Gasteiger partial charge on any atom is 0.234 e. The average Bonchev–Trinajstić information content (AvgIpc) is 3.36. The minimum Gasteiger partial charge on any atom is -0.324 e. The van der Waals surface area contributed by atoms with Crippen LogP contribution in [-0.2, 0) is 11.8 Å². The van der Waals surface area contributed by atoms with Gasteiger partial charge in [0.25, 0.3) is 0 Å². The Hall–Kier alpha value is -1.98. The molecule has 0 spiro atoms. The molecule has 1 aromatic carbocycles. The Kier molecular flexibility index (Phi) is 5.43. The number of nitrogens with zero attached hydrogens (tertiary/aromatic N) is 4. The van der Waals surface area contributed by atoms with E-state index in [0.717, 1.165) is 21.6 Å². The van der Waals surface area contributed by atoms with Crippen molar-refractivity contribution in [3.8, 4) is 6.07 Å². The molecule has 3 rings (SSSR count). The molecule has 8 heteroatoms. The van der Waals surface area contributed by atoms with Crippen molar-refractivity contribution in [2.75, 3.05) is 16.8 Å². The molecule has 1 fully saturated rings. The molecule has 0 unspecified atom stereocenters. The van der Waals surface area contributed by atoms with E-state index in [1.165, 1.54) is 36.4 Å². The van der Waals surface area contributed by atoms with Crippen LogP contribution in [0.5, 0.6) is 0 Å². The second-order valence-corrected chi connectivity index (χ2v) is 7.41. The minimum atomic E-state index is -0.0963. The van der Waals surface area contributed by atoms with Crippen LogP contribution in [-0.4, -0.2) is 32.2 Å². The van der Waals surface area contributed by atoms with Gasteiger partial charge in [0.05, 0.1) is 23.3 Å². The number of para-hydroxylation sites is 1. The van der Waals surface area contributed by atoms with Gasteiger partial charge in [-0.15, -0.1) is 22.0 Å². The predicted octanol–water partition coefficient (Wildman–Crippen LogP) is 3.04. The third kappa shape index (κ3) is 4.10. The zero-order valence-corrected chi connectivity index (χ0v) is 14.9. The summed E-state index contributed by atoms with van der Waals surface area (Å²) in [6.07, 6.45) is 2.35. The quantitative estimate of drug-likeness (QED) is 0.765. The molecule has 1 aromatic heterocycles. The molecule has 2 aromatic rings. The summed E-state index contributed by atoms with van der Waals surface area (Å²) in [5, 5.41) is 20.8. The Morgan fingerprint density at radius 2 is 2.17 bits per heavy atom. The maximum atomic E-state index is 12.2. The summed E-state index contributed by atoms with van der Waals surface area (Å²) >= 11 is 2.79. The van der Waals surface area contributed by atoms with Crippen LogP contribution in [0.25, 0.3) is 0 Å². The first-order chi connectivity index (χ1) is 11.7. The van der Waals surface area contributed by atoms with Crippen molar-refractivity contribution in [2.45, 2.75) is 28.8 Å². The third-order valence-corrected chi connectivity index (χ3v) is 5.56. The topological polar surface area (TPSA) is 83.6 Å². The SMILES string of the molecule is Cn1c(SCC(=O)Nc2ccccc2SCC#N)nnc1C1CC1. The molecule has 1 N–H and O–H groups in total. The van der Waals surface area contributed by atoms with Crippen LogP contribution in [0.15, 0.2) is 34.3 Å². The monoisotopic (exact) mass is 359 g/mol. The van der Waals surface area contributed by atoms with E-state index in [4.69, 9.17) is 5.26 Å². The number of aromatic nitrogens is 3. The van der Waals surface area contributed by atoms with Crippen LogP contribution in [0.1, 0.15) is 24.6 Å². The van der Waals surface area contributed by atoms with Crippen molar-refractivity contribution in [1.29, 1.82) is 5.26 Å². The lowest BCUT2D eigenvalue weighted by Gasteiger charge is -2.09. The molecule has 1 aliphatic rings. The van der Waals surface area contributed by atoms with Crippen molar-refractivity contribution >= 4 is 35.1 Å². The first-order valence-electron chi connectivity index (χ1n) is 7.59. The van der Waals surface area contributed by atoms with E-state index >= 15 is 0 Å². The van der Waals surface area contributed by atoms with E-state index in [0.29, 0.717) is 11.7 Å². The number of nitrogens with one attached hydrogen (secondary N) is 1. The highest BCUT2D eigenvalue weighted by molar-refractivity contribution is 8.00. The van der Waals surface area contributed by atoms with Crippen LogP contribution in [0.3, 0.4) is 0 Å². The number of hydrogen-bond donors (Lipinski definition) is 1. The van der Waals surface area contributed by atoms with E-state index in [1.807, 2.05) is 35.9 Å². The average molecular weight is 359 g/mol. The third-order valence-electron chi connectivity index (χ3n) is 3.60. The van der Waals surface area contributed by atoms with Crippen LogP contribution in [0.2, 0.25) is 0 Å². The first kappa shape index (κ1) is 16.9. The Bertz CT molecular complexity index is 779. The summed E-state index contributed by atoms with van der Waals surface area (Å²) in [6.45, 7) is 0. The van der Waals surface area contributed by atoms with Crippen LogP contribution < -0.4 is 5.32 Å². The lowest BCUT2D eigenvalue weighted by atomic mass is 10.3. The van der Waals surface area contributed by atoms with Gasteiger partial charge >= 0.3 is 0 Å². The smallest absolute Gasteiger partial charge is 0.234 e. The summed E-state index contributed by atoms with van der Waals surface area (Å²) in [5.41, 5.74) is 0.736. The van der Waals surface area contributed by atoms with Crippen LogP contribution >= 0.6 is 23.5 Å². The summed E-state index contributed by atoms with van der Waals surface area (Å²) in [7, 11) is 1.95. The lowest BCUT2D eigenvalue weighted by Crippen LogP contribution is -2.15. The fourth-order valence-corrected chi connectivity index (χ4v) is 3.66. The largest absolute Gasteiger partial charge is 0.324 e. The summed E-state index contributed by atoms with van der Waals surface area (Å²) in [5.74, 6) is 2.07. The van der Waals surface area contributed by atoms with E-state index in [-0.39, 0.29) is 11.7 Å². The van der Waals surface area contributed by atoms with Gasteiger partial charge in [0.1, 0.15) is 5.82 Å². The fourth-order valence-electron chi connectivity index (χ4n) is 2.27. The number of thioether (sulfide) groups is 2. The zero-order chi connectivity index (χ0) is 16.9. The normalized spacial score (nSPS) is 13.5. The van der Waals surface area contributed by atoms with Crippen molar-refractivity contribution < 1.29 is 4.79 Å². The number of rotatable bonds is 7. The van der Waals surface area contributed by atoms with Gasteiger partial charge in [0.2, 0.25) is 5.91 Å². The molecule has 1 amide bonds. The number of amides is 1. The molecule has 6 nitrogen and oxygen atoms in total.